The average molecular weight is 358 g/mol. The minimum Gasteiger partial charge on any atom is -0.493 e. The number of amides is 1. The second-order valence-electron chi connectivity index (χ2n) is 5.98. The molecule has 1 aliphatic rings. The summed E-state index contributed by atoms with van der Waals surface area (Å²) in [7, 11) is 4.57. The van der Waals surface area contributed by atoms with Crippen LogP contribution in [-0.4, -0.2) is 56.3 Å². The molecule has 26 heavy (non-hydrogen) atoms. The van der Waals surface area contributed by atoms with Gasteiger partial charge < -0.3 is 23.8 Å². The van der Waals surface area contributed by atoms with E-state index in [0.717, 1.165) is 5.69 Å². The molecule has 0 bridgehead atoms. The Bertz CT molecular complexity index is 777. The number of ether oxygens (including phenoxy) is 4. The molecule has 0 spiro atoms. The third kappa shape index (κ3) is 3.51. The first-order chi connectivity index (χ1) is 12.5. The fourth-order valence-electron chi connectivity index (χ4n) is 2.82. The number of rotatable bonds is 6. The zero-order chi connectivity index (χ0) is 18.7. The van der Waals surface area contributed by atoms with Crippen LogP contribution in [0, 0.1) is 6.92 Å². The van der Waals surface area contributed by atoms with E-state index in [1.165, 1.54) is 21.3 Å². The highest BCUT2D eigenvalue weighted by atomic mass is 16.5. The van der Waals surface area contributed by atoms with E-state index in [9.17, 15) is 4.79 Å². The first-order valence-electron chi connectivity index (χ1n) is 8.25. The van der Waals surface area contributed by atoms with Crippen LogP contribution in [0.5, 0.6) is 23.1 Å². The molecule has 0 unspecified atom stereocenters. The Hall–Kier alpha value is -2.96. The van der Waals surface area contributed by atoms with E-state index in [-0.39, 0.29) is 12.0 Å². The molecule has 0 aliphatic carbocycles. The minimum atomic E-state index is -0.110. The van der Waals surface area contributed by atoms with Crippen LogP contribution in [0.25, 0.3) is 0 Å². The fourth-order valence-corrected chi connectivity index (χ4v) is 2.82. The predicted molar refractivity (Wildman–Crippen MR) is 95.4 cm³/mol. The van der Waals surface area contributed by atoms with Crippen molar-refractivity contribution in [1.29, 1.82) is 0 Å². The number of hydrogen-bond donors (Lipinski definition) is 0. The fraction of sp³-hybridized carbons (Fsp3) is 0.368. The number of carbonyl (C=O) groups excluding carboxylic acids is 1. The Labute approximate surface area is 152 Å². The van der Waals surface area contributed by atoms with Gasteiger partial charge in [0.1, 0.15) is 6.10 Å². The lowest BCUT2D eigenvalue weighted by molar-refractivity contribution is 0.0159. The number of aryl methyl sites for hydroxylation is 1. The van der Waals surface area contributed by atoms with Crippen molar-refractivity contribution in [3.63, 3.8) is 0 Å². The number of aromatic nitrogens is 1. The standard InChI is InChI=1S/C19H22N2O5/c1-12-6-5-7-17(20-12)26-14-10-21(11-14)19(22)13-8-15(23-2)18(25-4)16(9-13)24-3/h5-9,14H,10-11H2,1-4H3. The van der Waals surface area contributed by atoms with Gasteiger partial charge in [0.25, 0.3) is 5.91 Å². The topological polar surface area (TPSA) is 70.1 Å². The summed E-state index contributed by atoms with van der Waals surface area (Å²) in [5, 5.41) is 0. The molecule has 1 fully saturated rings. The highest BCUT2D eigenvalue weighted by Crippen LogP contribution is 2.38. The van der Waals surface area contributed by atoms with Gasteiger partial charge in [0.05, 0.1) is 34.4 Å². The van der Waals surface area contributed by atoms with Crippen molar-refractivity contribution >= 4 is 5.91 Å². The molecule has 1 saturated heterocycles. The van der Waals surface area contributed by atoms with E-state index in [0.29, 0.717) is 41.8 Å². The monoisotopic (exact) mass is 358 g/mol. The van der Waals surface area contributed by atoms with Gasteiger partial charge in [0.2, 0.25) is 11.6 Å². The van der Waals surface area contributed by atoms with Crippen LogP contribution in [0.4, 0.5) is 0 Å². The molecule has 0 radical (unpaired) electrons. The third-order valence-corrected chi connectivity index (χ3v) is 4.20. The van der Waals surface area contributed by atoms with Crippen molar-refractivity contribution in [2.24, 2.45) is 0 Å². The normalized spacial score (nSPS) is 13.8. The summed E-state index contributed by atoms with van der Waals surface area (Å²) < 4.78 is 21.7. The van der Waals surface area contributed by atoms with Gasteiger partial charge >= 0.3 is 0 Å². The number of nitrogens with zero attached hydrogens (tertiary/aromatic N) is 2. The first-order valence-corrected chi connectivity index (χ1v) is 8.25. The van der Waals surface area contributed by atoms with Crippen molar-refractivity contribution in [3.8, 4) is 23.1 Å². The molecule has 0 N–H and O–H groups in total. The number of pyridine rings is 1. The molecular weight excluding hydrogens is 336 g/mol. The third-order valence-electron chi connectivity index (χ3n) is 4.20. The lowest BCUT2D eigenvalue weighted by Crippen LogP contribution is -2.56. The molecular formula is C19H22N2O5. The molecule has 0 saturated carbocycles. The van der Waals surface area contributed by atoms with Crippen LogP contribution in [0.15, 0.2) is 30.3 Å². The molecule has 1 aliphatic heterocycles. The van der Waals surface area contributed by atoms with E-state index in [1.54, 1.807) is 17.0 Å². The molecule has 0 atom stereocenters. The average Bonchev–Trinajstić information content (AvgIpc) is 2.62. The zero-order valence-corrected chi connectivity index (χ0v) is 15.3. The molecule has 1 amide bonds. The van der Waals surface area contributed by atoms with Gasteiger partial charge in [-0.05, 0) is 25.1 Å². The van der Waals surface area contributed by atoms with Gasteiger partial charge in [-0.3, -0.25) is 4.79 Å². The van der Waals surface area contributed by atoms with Gasteiger partial charge in [-0.1, -0.05) is 6.07 Å². The lowest BCUT2D eigenvalue weighted by atomic mass is 10.1. The van der Waals surface area contributed by atoms with Gasteiger partial charge in [-0.2, -0.15) is 0 Å². The highest BCUT2D eigenvalue weighted by Gasteiger charge is 2.34. The summed E-state index contributed by atoms with van der Waals surface area (Å²) in [4.78, 5) is 18.7. The molecule has 2 aromatic rings. The van der Waals surface area contributed by atoms with E-state index in [1.807, 2.05) is 25.1 Å². The summed E-state index contributed by atoms with van der Waals surface area (Å²) >= 11 is 0. The maximum Gasteiger partial charge on any atom is 0.254 e. The molecule has 7 nitrogen and oxygen atoms in total. The van der Waals surface area contributed by atoms with Gasteiger partial charge in [-0.25, -0.2) is 4.98 Å². The number of benzene rings is 1. The summed E-state index contributed by atoms with van der Waals surface area (Å²) in [5.41, 5.74) is 1.37. The van der Waals surface area contributed by atoms with Gasteiger partial charge in [0.15, 0.2) is 11.5 Å². The van der Waals surface area contributed by atoms with Crippen molar-refractivity contribution in [3.05, 3.63) is 41.6 Å². The Morgan fingerprint density at radius 1 is 1.08 bits per heavy atom. The lowest BCUT2D eigenvalue weighted by Gasteiger charge is -2.38. The Kier molecular flexibility index (Phi) is 5.16. The molecule has 1 aromatic heterocycles. The quantitative estimate of drug-likeness (QED) is 0.789. The zero-order valence-electron chi connectivity index (χ0n) is 15.3. The number of likely N-dealkylation sites (tertiary alicyclic amines) is 1. The summed E-state index contributed by atoms with van der Waals surface area (Å²) in [6.07, 6.45) is -0.0599. The van der Waals surface area contributed by atoms with E-state index in [4.69, 9.17) is 18.9 Å². The van der Waals surface area contributed by atoms with Crippen LogP contribution < -0.4 is 18.9 Å². The molecule has 7 heteroatoms. The highest BCUT2D eigenvalue weighted by molar-refractivity contribution is 5.96. The summed E-state index contributed by atoms with van der Waals surface area (Å²) in [5.74, 6) is 1.83. The van der Waals surface area contributed by atoms with Crippen molar-refractivity contribution in [1.82, 2.24) is 9.88 Å². The molecule has 2 heterocycles. The van der Waals surface area contributed by atoms with Crippen LogP contribution in [0.2, 0.25) is 0 Å². The van der Waals surface area contributed by atoms with Crippen molar-refractivity contribution < 1.29 is 23.7 Å². The Morgan fingerprint density at radius 2 is 1.73 bits per heavy atom. The number of methoxy groups -OCH3 is 3. The van der Waals surface area contributed by atoms with Crippen LogP contribution in [0.3, 0.4) is 0 Å². The second-order valence-corrected chi connectivity index (χ2v) is 5.98. The maximum absolute atomic E-state index is 12.7. The van der Waals surface area contributed by atoms with Crippen molar-refractivity contribution in [2.45, 2.75) is 13.0 Å². The Morgan fingerprint density at radius 3 is 2.27 bits per heavy atom. The molecule has 3 rings (SSSR count). The summed E-state index contributed by atoms with van der Waals surface area (Å²) in [6, 6.07) is 8.93. The number of hydrogen-bond acceptors (Lipinski definition) is 6. The van der Waals surface area contributed by atoms with Gasteiger partial charge in [-0.15, -0.1) is 0 Å². The van der Waals surface area contributed by atoms with Gasteiger partial charge in [0, 0.05) is 17.3 Å². The van der Waals surface area contributed by atoms with E-state index < -0.39 is 0 Å². The number of carbonyl (C=O) groups is 1. The molecule has 138 valence electrons. The minimum absolute atomic E-state index is 0.0599. The van der Waals surface area contributed by atoms with E-state index >= 15 is 0 Å². The van der Waals surface area contributed by atoms with Crippen LogP contribution >= 0.6 is 0 Å². The van der Waals surface area contributed by atoms with Crippen molar-refractivity contribution in [2.75, 3.05) is 34.4 Å². The van der Waals surface area contributed by atoms with Crippen LogP contribution in [-0.2, 0) is 0 Å². The SMILES string of the molecule is COc1cc(C(=O)N2CC(Oc3cccc(C)n3)C2)cc(OC)c1OC. The summed E-state index contributed by atoms with van der Waals surface area (Å²) in [6.45, 7) is 2.92. The molecule has 1 aromatic carbocycles. The largest absolute Gasteiger partial charge is 0.493 e. The maximum atomic E-state index is 12.7. The van der Waals surface area contributed by atoms with Crippen LogP contribution in [0.1, 0.15) is 16.1 Å². The predicted octanol–water partition coefficient (Wildman–Crippen LogP) is 2.32. The smallest absolute Gasteiger partial charge is 0.254 e. The van der Waals surface area contributed by atoms with E-state index in [2.05, 4.69) is 4.98 Å². The second kappa shape index (κ2) is 7.51. The Balaban J connectivity index is 1.67. The first kappa shape index (κ1) is 17.8.